The maximum Gasteiger partial charge on any atom is 0.226 e. The van der Waals surface area contributed by atoms with Crippen molar-refractivity contribution in [2.75, 3.05) is 11.9 Å². The number of amidine groups is 1. The minimum atomic E-state index is -0.0434. The average molecular weight is 247 g/mol. The summed E-state index contributed by atoms with van der Waals surface area (Å²) in [5.41, 5.74) is 5.85. The van der Waals surface area contributed by atoms with Gasteiger partial charge in [-0.25, -0.2) is 9.97 Å². The summed E-state index contributed by atoms with van der Waals surface area (Å²) >= 11 is 1.69. The molecule has 6 heteroatoms. The lowest BCUT2D eigenvalue weighted by Gasteiger charge is -2.16. The van der Waals surface area contributed by atoms with Crippen LogP contribution in [0.15, 0.2) is 29.8 Å². The molecule has 17 heavy (non-hydrogen) atoms. The predicted molar refractivity (Wildman–Crippen MR) is 69.5 cm³/mol. The highest BCUT2D eigenvalue weighted by Gasteiger charge is 2.07. The van der Waals surface area contributed by atoms with Crippen molar-refractivity contribution in [1.82, 2.24) is 9.97 Å². The molecule has 0 saturated heterocycles. The van der Waals surface area contributed by atoms with Gasteiger partial charge in [-0.3, -0.25) is 5.41 Å². The molecule has 5 nitrogen and oxygen atoms in total. The standard InChI is InChI=1S/C11H13N5S/c1-16(7-8-3-2-6-17-8)11-14-5-4-9(15-11)10(12)13/h2-6H,7H2,1H3,(H3,12,13). The van der Waals surface area contributed by atoms with Gasteiger partial charge in [0, 0.05) is 18.1 Å². The van der Waals surface area contributed by atoms with Crippen molar-refractivity contribution in [3.63, 3.8) is 0 Å². The second kappa shape index (κ2) is 4.92. The summed E-state index contributed by atoms with van der Waals surface area (Å²) in [6.45, 7) is 0.749. The third-order valence-electron chi connectivity index (χ3n) is 2.23. The Kier molecular flexibility index (Phi) is 3.34. The Bertz CT molecular complexity index is 508. The summed E-state index contributed by atoms with van der Waals surface area (Å²) in [6, 6.07) is 5.71. The van der Waals surface area contributed by atoms with Crippen molar-refractivity contribution in [3.05, 3.63) is 40.3 Å². The molecular formula is C11H13N5S. The number of thiophene rings is 1. The highest BCUT2D eigenvalue weighted by Crippen LogP contribution is 2.14. The molecule has 0 saturated carbocycles. The van der Waals surface area contributed by atoms with Crippen LogP contribution in [0.5, 0.6) is 0 Å². The van der Waals surface area contributed by atoms with Gasteiger partial charge in [0.1, 0.15) is 11.5 Å². The molecule has 0 aliphatic rings. The van der Waals surface area contributed by atoms with Crippen LogP contribution in [0.2, 0.25) is 0 Å². The molecule has 0 unspecified atom stereocenters. The zero-order valence-electron chi connectivity index (χ0n) is 9.42. The molecule has 3 N–H and O–H groups in total. The number of nitrogens with one attached hydrogen (secondary N) is 1. The fourth-order valence-corrected chi connectivity index (χ4v) is 2.15. The van der Waals surface area contributed by atoms with Crippen LogP contribution in [0.3, 0.4) is 0 Å². The minimum Gasteiger partial charge on any atom is -0.382 e. The van der Waals surface area contributed by atoms with E-state index < -0.39 is 0 Å². The monoisotopic (exact) mass is 247 g/mol. The van der Waals surface area contributed by atoms with Crippen molar-refractivity contribution in [1.29, 1.82) is 5.41 Å². The third kappa shape index (κ3) is 2.79. The molecule has 2 heterocycles. The van der Waals surface area contributed by atoms with Gasteiger partial charge < -0.3 is 10.6 Å². The van der Waals surface area contributed by atoms with Crippen molar-refractivity contribution < 1.29 is 0 Å². The van der Waals surface area contributed by atoms with Gasteiger partial charge in [0.05, 0.1) is 6.54 Å². The molecule has 2 aromatic heterocycles. The number of nitrogen functional groups attached to an aromatic ring is 1. The summed E-state index contributed by atoms with van der Waals surface area (Å²) in [5.74, 6) is 0.532. The number of rotatable bonds is 4. The highest BCUT2D eigenvalue weighted by molar-refractivity contribution is 7.09. The number of nitrogens with zero attached hydrogens (tertiary/aromatic N) is 3. The summed E-state index contributed by atoms with van der Waals surface area (Å²) in [6.07, 6.45) is 1.62. The number of anilines is 1. The zero-order valence-corrected chi connectivity index (χ0v) is 10.2. The Morgan fingerprint density at radius 3 is 3.00 bits per heavy atom. The Labute approximate surface area is 103 Å². The van der Waals surface area contributed by atoms with E-state index >= 15 is 0 Å². The first kappa shape index (κ1) is 11.5. The van der Waals surface area contributed by atoms with Gasteiger partial charge in [-0.1, -0.05) is 6.07 Å². The largest absolute Gasteiger partial charge is 0.382 e. The molecule has 2 rings (SSSR count). The van der Waals surface area contributed by atoms with Crippen LogP contribution < -0.4 is 10.6 Å². The maximum atomic E-state index is 7.34. The first-order chi connectivity index (χ1) is 8.16. The molecule has 0 atom stereocenters. The number of hydrogen-bond acceptors (Lipinski definition) is 5. The van der Waals surface area contributed by atoms with Crippen LogP contribution in [0.4, 0.5) is 5.95 Å². The topological polar surface area (TPSA) is 78.9 Å². The molecule has 88 valence electrons. The third-order valence-corrected chi connectivity index (χ3v) is 3.09. The van der Waals surface area contributed by atoms with Crippen LogP contribution >= 0.6 is 11.3 Å². The first-order valence-corrected chi connectivity index (χ1v) is 5.96. The van der Waals surface area contributed by atoms with E-state index in [-0.39, 0.29) is 5.84 Å². The molecule has 2 aromatic rings. The van der Waals surface area contributed by atoms with Gasteiger partial charge in [0.2, 0.25) is 5.95 Å². The molecular weight excluding hydrogens is 234 g/mol. The van der Waals surface area contributed by atoms with Crippen molar-refractivity contribution in [2.45, 2.75) is 6.54 Å². The zero-order chi connectivity index (χ0) is 12.3. The second-order valence-corrected chi connectivity index (χ2v) is 4.62. The van der Waals surface area contributed by atoms with Crippen molar-refractivity contribution in [2.24, 2.45) is 5.73 Å². The normalized spacial score (nSPS) is 10.2. The molecule has 0 aliphatic carbocycles. The lowest BCUT2D eigenvalue weighted by molar-refractivity contribution is 0.875. The predicted octanol–water partition coefficient (Wildman–Crippen LogP) is 1.46. The van der Waals surface area contributed by atoms with E-state index in [1.807, 2.05) is 23.4 Å². The Hall–Kier alpha value is -1.95. The van der Waals surface area contributed by atoms with E-state index in [9.17, 15) is 0 Å². The van der Waals surface area contributed by atoms with E-state index in [0.717, 1.165) is 6.54 Å². The van der Waals surface area contributed by atoms with E-state index in [4.69, 9.17) is 11.1 Å². The fourth-order valence-electron chi connectivity index (χ4n) is 1.39. The Balaban J connectivity index is 2.16. The second-order valence-electron chi connectivity index (χ2n) is 3.59. The average Bonchev–Trinajstić information content (AvgIpc) is 2.82. The highest BCUT2D eigenvalue weighted by atomic mass is 32.1. The van der Waals surface area contributed by atoms with E-state index in [1.54, 1.807) is 23.6 Å². The van der Waals surface area contributed by atoms with Gasteiger partial charge in [-0.15, -0.1) is 11.3 Å². The smallest absolute Gasteiger partial charge is 0.226 e. The minimum absolute atomic E-state index is 0.0434. The number of nitrogens with two attached hydrogens (primary N) is 1. The maximum absolute atomic E-state index is 7.34. The Morgan fingerprint density at radius 2 is 2.35 bits per heavy atom. The lowest BCUT2D eigenvalue weighted by Crippen LogP contribution is -2.21. The molecule has 0 amide bonds. The van der Waals surface area contributed by atoms with E-state index in [2.05, 4.69) is 16.0 Å². The van der Waals surface area contributed by atoms with E-state index in [1.165, 1.54) is 4.88 Å². The summed E-state index contributed by atoms with van der Waals surface area (Å²) in [7, 11) is 1.92. The number of hydrogen-bond donors (Lipinski definition) is 2. The SMILES string of the molecule is CN(Cc1cccs1)c1nccc(C(=N)N)n1. The quantitative estimate of drug-likeness (QED) is 0.633. The first-order valence-electron chi connectivity index (χ1n) is 5.08. The fraction of sp³-hybridized carbons (Fsp3) is 0.182. The van der Waals surface area contributed by atoms with Crippen LogP contribution in [0.25, 0.3) is 0 Å². The molecule has 0 aliphatic heterocycles. The van der Waals surface area contributed by atoms with Crippen molar-refractivity contribution >= 4 is 23.1 Å². The summed E-state index contributed by atoms with van der Waals surface area (Å²) in [5, 5.41) is 9.38. The molecule has 0 aromatic carbocycles. The van der Waals surface area contributed by atoms with Gasteiger partial charge in [0.25, 0.3) is 0 Å². The van der Waals surface area contributed by atoms with Crippen molar-refractivity contribution in [3.8, 4) is 0 Å². The molecule has 0 radical (unpaired) electrons. The Morgan fingerprint density at radius 1 is 1.53 bits per heavy atom. The van der Waals surface area contributed by atoms with Crippen LogP contribution in [-0.4, -0.2) is 22.9 Å². The summed E-state index contributed by atoms with van der Waals surface area (Å²) < 4.78 is 0. The summed E-state index contributed by atoms with van der Waals surface area (Å²) in [4.78, 5) is 11.6. The van der Waals surface area contributed by atoms with Gasteiger partial charge in [-0.2, -0.15) is 0 Å². The van der Waals surface area contributed by atoms with Gasteiger partial charge >= 0.3 is 0 Å². The lowest BCUT2D eigenvalue weighted by atomic mass is 10.4. The molecule has 0 spiro atoms. The number of aromatic nitrogens is 2. The van der Waals surface area contributed by atoms with Crippen LogP contribution in [-0.2, 0) is 6.54 Å². The molecule has 0 bridgehead atoms. The van der Waals surface area contributed by atoms with Crippen LogP contribution in [0, 0.1) is 5.41 Å². The van der Waals surface area contributed by atoms with Gasteiger partial charge in [-0.05, 0) is 17.5 Å². The van der Waals surface area contributed by atoms with Gasteiger partial charge in [0.15, 0.2) is 0 Å². The van der Waals surface area contributed by atoms with E-state index in [0.29, 0.717) is 11.6 Å². The van der Waals surface area contributed by atoms with Crippen LogP contribution in [0.1, 0.15) is 10.6 Å². The molecule has 0 fully saturated rings.